The minimum atomic E-state index is -4.44. The maximum atomic E-state index is 14.9. The molecule has 0 saturated heterocycles. The first-order valence-corrected chi connectivity index (χ1v) is 12.1. The van der Waals surface area contributed by atoms with Crippen molar-refractivity contribution >= 4 is 33.3 Å². The number of nitrogens with zero attached hydrogens (tertiary/aromatic N) is 1. The molecular weight excluding hydrogens is 503 g/mol. The number of allylic oxidation sites excluding steroid dienone is 1. The fourth-order valence-electron chi connectivity index (χ4n) is 3.56. The number of methoxy groups -OCH3 is 1. The second kappa shape index (κ2) is 11.0. The van der Waals surface area contributed by atoms with Gasteiger partial charge in [-0.05, 0) is 73.0 Å². The van der Waals surface area contributed by atoms with Crippen molar-refractivity contribution in [3.8, 4) is 0 Å². The largest absolute Gasteiger partial charge is 0.466 e. The molecule has 0 aliphatic rings. The van der Waals surface area contributed by atoms with Gasteiger partial charge in [0.25, 0.3) is 10.0 Å². The van der Waals surface area contributed by atoms with Crippen molar-refractivity contribution in [3.05, 3.63) is 106 Å². The van der Waals surface area contributed by atoms with Gasteiger partial charge in [-0.2, -0.15) is 0 Å². The van der Waals surface area contributed by atoms with Crippen molar-refractivity contribution in [2.45, 2.75) is 24.3 Å². The Morgan fingerprint density at radius 1 is 1.03 bits per heavy atom. The molecule has 0 N–H and O–H groups in total. The van der Waals surface area contributed by atoms with Crippen LogP contribution in [0.15, 0.2) is 77.7 Å². The van der Waals surface area contributed by atoms with E-state index < -0.39 is 45.2 Å². The molecule has 0 aliphatic heterocycles. The lowest BCUT2D eigenvalue weighted by Gasteiger charge is -2.32. The molecule has 3 aromatic carbocycles. The van der Waals surface area contributed by atoms with Crippen LogP contribution in [-0.2, 0) is 26.0 Å². The highest BCUT2D eigenvalue weighted by Gasteiger charge is 2.33. The molecule has 0 bridgehead atoms. The third kappa shape index (κ3) is 6.04. The standard InChI is InChI=1S/C25H21ClF3NO4S/c1-16(22-12-8-19(27)14-17(22)4-3-5-25(31)34-2)30(24-15-20(28)9-13-23(24)29)35(32,33)21-10-6-18(26)7-11-21/h3,5-16H,4H2,1-2H3/b5-3+/t16-/m1/s1. The van der Waals surface area contributed by atoms with E-state index in [9.17, 15) is 26.4 Å². The third-order valence-corrected chi connectivity index (χ3v) is 7.37. The zero-order valence-corrected chi connectivity index (χ0v) is 20.3. The van der Waals surface area contributed by atoms with Gasteiger partial charge in [0.15, 0.2) is 0 Å². The molecule has 0 aliphatic carbocycles. The fourth-order valence-corrected chi connectivity index (χ4v) is 5.32. The minimum Gasteiger partial charge on any atom is -0.466 e. The average Bonchev–Trinajstić information content (AvgIpc) is 2.81. The molecule has 0 spiro atoms. The van der Waals surface area contributed by atoms with Crippen LogP contribution in [0.3, 0.4) is 0 Å². The first-order chi connectivity index (χ1) is 16.5. The van der Waals surface area contributed by atoms with E-state index in [1.807, 2.05) is 0 Å². The zero-order valence-electron chi connectivity index (χ0n) is 18.7. The molecule has 0 unspecified atom stereocenters. The summed E-state index contributed by atoms with van der Waals surface area (Å²) in [6.07, 6.45) is 2.62. The van der Waals surface area contributed by atoms with Gasteiger partial charge in [-0.15, -0.1) is 0 Å². The lowest BCUT2D eigenvalue weighted by Crippen LogP contribution is -2.35. The van der Waals surface area contributed by atoms with Gasteiger partial charge in [0.2, 0.25) is 0 Å². The number of anilines is 1. The Hall–Kier alpha value is -3.30. The molecule has 10 heteroatoms. The normalized spacial score (nSPS) is 12.5. The molecule has 0 saturated carbocycles. The maximum Gasteiger partial charge on any atom is 0.330 e. The molecular formula is C25H21ClF3NO4S. The van der Waals surface area contributed by atoms with Crippen molar-refractivity contribution in [1.82, 2.24) is 0 Å². The van der Waals surface area contributed by atoms with E-state index in [-0.39, 0.29) is 11.3 Å². The number of sulfonamides is 1. The summed E-state index contributed by atoms with van der Waals surface area (Å²) in [5, 5.41) is 0.290. The van der Waals surface area contributed by atoms with Crippen LogP contribution in [0.5, 0.6) is 0 Å². The van der Waals surface area contributed by atoms with E-state index in [0.717, 1.165) is 34.6 Å². The highest BCUT2D eigenvalue weighted by molar-refractivity contribution is 7.92. The Morgan fingerprint density at radius 2 is 1.66 bits per heavy atom. The van der Waals surface area contributed by atoms with E-state index in [2.05, 4.69) is 4.74 Å². The summed E-state index contributed by atoms with van der Waals surface area (Å²) < 4.78 is 75.7. The Balaban J connectivity index is 2.18. The first kappa shape index (κ1) is 26.3. The van der Waals surface area contributed by atoms with E-state index >= 15 is 0 Å². The molecule has 0 aromatic heterocycles. The average molecular weight is 524 g/mol. The van der Waals surface area contributed by atoms with Gasteiger partial charge in [-0.25, -0.2) is 26.4 Å². The van der Waals surface area contributed by atoms with Gasteiger partial charge in [0.1, 0.15) is 17.5 Å². The topological polar surface area (TPSA) is 63.7 Å². The maximum absolute atomic E-state index is 14.9. The van der Waals surface area contributed by atoms with Gasteiger partial charge in [0, 0.05) is 17.2 Å². The van der Waals surface area contributed by atoms with Crippen LogP contribution in [0.1, 0.15) is 24.1 Å². The van der Waals surface area contributed by atoms with Crippen molar-refractivity contribution < 1.29 is 31.1 Å². The summed E-state index contributed by atoms with van der Waals surface area (Å²) in [5.74, 6) is -3.02. The third-order valence-electron chi connectivity index (χ3n) is 5.22. The summed E-state index contributed by atoms with van der Waals surface area (Å²) in [6, 6.07) is 10.3. The lowest BCUT2D eigenvalue weighted by molar-refractivity contribution is -0.134. The number of ether oxygens (including phenoxy) is 1. The number of esters is 1. The van der Waals surface area contributed by atoms with Crippen LogP contribution in [0.25, 0.3) is 0 Å². The highest BCUT2D eigenvalue weighted by atomic mass is 35.5. The van der Waals surface area contributed by atoms with Gasteiger partial charge < -0.3 is 4.74 Å². The first-order valence-electron chi connectivity index (χ1n) is 10.3. The van der Waals surface area contributed by atoms with E-state index in [4.69, 9.17) is 11.6 Å². The Labute approximate surface area is 206 Å². The molecule has 0 radical (unpaired) electrons. The predicted molar refractivity (Wildman–Crippen MR) is 127 cm³/mol. The Kier molecular flexibility index (Phi) is 8.24. The molecule has 1 atom stereocenters. The summed E-state index contributed by atoms with van der Waals surface area (Å²) in [4.78, 5) is 11.2. The van der Waals surface area contributed by atoms with Crippen LogP contribution in [0, 0.1) is 17.5 Å². The summed E-state index contributed by atoms with van der Waals surface area (Å²) in [6.45, 7) is 1.47. The number of hydrogen-bond donors (Lipinski definition) is 0. The molecule has 5 nitrogen and oxygen atoms in total. The monoisotopic (exact) mass is 523 g/mol. The van der Waals surface area contributed by atoms with Gasteiger partial charge in [0.05, 0.1) is 23.7 Å². The number of carbonyl (C=O) groups is 1. The van der Waals surface area contributed by atoms with E-state index in [0.29, 0.717) is 16.1 Å². The SMILES string of the molecule is COC(=O)/C=C/Cc1cc(F)ccc1[C@@H](C)N(c1cc(F)ccc1F)S(=O)(=O)c1ccc(Cl)cc1. The Morgan fingerprint density at radius 3 is 2.31 bits per heavy atom. The zero-order chi connectivity index (χ0) is 25.8. The summed E-state index contributed by atoms with van der Waals surface area (Å²) >= 11 is 5.89. The number of hydrogen-bond acceptors (Lipinski definition) is 4. The second-order valence-corrected chi connectivity index (χ2v) is 9.75. The number of halogens is 4. The number of rotatable bonds is 8. The van der Waals surface area contributed by atoms with E-state index in [1.54, 1.807) is 0 Å². The molecule has 0 fully saturated rings. The van der Waals surface area contributed by atoms with Crippen LogP contribution < -0.4 is 4.31 Å². The lowest BCUT2D eigenvalue weighted by atomic mass is 9.98. The predicted octanol–water partition coefficient (Wildman–Crippen LogP) is 5.99. The highest BCUT2D eigenvalue weighted by Crippen LogP contribution is 2.37. The minimum absolute atomic E-state index is 0.0486. The molecule has 184 valence electrons. The molecule has 35 heavy (non-hydrogen) atoms. The van der Waals surface area contributed by atoms with Crippen LogP contribution in [-0.4, -0.2) is 21.5 Å². The molecule has 0 heterocycles. The van der Waals surface area contributed by atoms with Gasteiger partial charge >= 0.3 is 5.97 Å². The van der Waals surface area contributed by atoms with Crippen LogP contribution in [0.4, 0.5) is 18.9 Å². The van der Waals surface area contributed by atoms with Crippen LogP contribution in [0.2, 0.25) is 5.02 Å². The number of benzene rings is 3. The molecule has 3 aromatic rings. The molecule has 0 amide bonds. The quantitative estimate of drug-likeness (QED) is 0.269. The number of carbonyl (C=O) groups excluding carboxylic acids is 1. The van der Waals surface area contributed by atoms with Gasteiger partial charge in [-0.3, -0.25) is 4.31 Å². The van der Waals surface area contributed by atoms with Crippen molar-refractivity contribution in [1.29, 1.82) is 0 Å². The fraction of sp³-hybridized carbons (Fsp3) is 0.160. The smallest absolute Gasteiger partial charge is 0.330 e. The summed E-state index contributed by atoms with van der Waals surface area (Å²) in [7, 11) is -3.24. The van der Waals surface area contributed by atoms with Crippen molar-refractivity contribution in [2.24, 2.45) is 0 Å². The van der Waals surface area contributed by atoms with Crippen LogP contribution >= 0.6 is 11.6 Å². The van der Waals surface area contributed by atoms with Gasteiger partial charge in [-0.1, -0.05) is 23.7 Å². The summed E-state index contributed by atoms with van der Waals surface area (Å²) in [5.41, 5.74) is 0.140. The Bertz CT molecular complexity index is 1360. The van der Waals surface area contributed by atoms with Crippen molar-refractivity contribution in [3.63, 3.8) is 0 Å². The van der Waals surface area contributed by atoms with E-state index in [1.165, 1.54) is 56.5 Å². The second-order valence-electron chi connectivity index (χ2n) is 7.50. The molecule has 3 rings (SSSR count). The van der Waals surface area contributed by atoms with Crippen molar-refractivity contribution in [2.75, 3.05) is 11.4 Å².